The van der Waals surface area contributed by atoms with Gasteiger partial charge in [0.15, 0.2) is 17.2 Å². The zero-order valence-electron chi connectivity index (χ0n) is 23.8. The Kier molecular flexibility index (Phi) is 15.0. The first-order chi connectivity index (χ1) is 20.0. The van der Waals surface area contributed by atoms with E-state index in [4.69, 9.17) is 25.8 Å². The number of hydrogen-bond donors (Lipinski definition) is 2. The molecule has 0 aliphatic heterocycles. The highest BCUT2D eigenvalue weighted by molar-refractivity contribution is 14.1. The van der Waals surface area contributed by atoms with Gasteiger partial charge in [-0.25, -0.2) is 4.98 Å². The lowest BCUT2D eigenvalue weighted by molar-refractivity contribution is -0.162. The number of halogens is 2. The van der Waals surface area contributed by atoms with E-state index in [1.165, 1.54) is 38.7 Å². The summed E-state index contributed by atoms with van der Waals surface area (Å²) in [5, 5.41) is 6.10. The van der Waals surface area contributed by atoms with Gasteiger partial charge in [-0.05, 0) is 25.8 Å². The van der Waals surface area contributed by atoms with Crippen molar-refractivity contribution in [3.8, 4) is 0 Å². The number of aromatic nitrogens is 1. The lowest BCUT2D eigenvalue weighted by atomic mass is 9.91. The summed E-state index contributed by atoms with van der Waals surface area (Å²) in [6.07, 6.45) is 1.23. The van der Waals surface area contributed by atoms with Gasteiger partial charge >= 0.3 is 5.97 Å². The Morgan fingerprint density at radius 3 is 2.26 bits per heavy atom. The van der Waals surface area contributed by atoms with E-state index in [1.807, 2.05) is 28.7 Å². The van der Waals surface area contributed by atoms with Crippen molar-refractivity contribution in [2.75, 3.05) is 37.7 Å². The molecule has 0 bridgehead atoms. The zero-order chi connectivity index (χ0) is 31.3. The van der Waals surface area contributed by atoms with Crippen LogP contribution >= 0.6 is 45.5 Å². The summed E-state index contributed by atoms with van der Waals surface area (Å²) in [5.74, 6) is -4.28. The Balaban J connectivity index is 2.27. The molecule has 0 unspecified atom stereocenters. The fourth-order valence-electron chi connectivity index (χ4n) is 4.03. The molecule has 14 heteroatoms. The van der Waals surface area contributed by atoms with Crippen LogP contribution in [-0.2, 0) is 39.8 Å². The molecule has 2 N–H and O–H groups in total. The molecule has 230 valence electrons. The van der Waals surface area contributed by atoms with E-state index in [9.17, 15) is 24.0 Å². The molecule has 2 rings (SSSR count). The van der Waals surface area contributed by atoms with E-state index >= 15 is 0 Å². The number of aryl methyl sites for hydroxylation is 1. The first-order valence-corrected chi connectivity index (χ1v) is 15.8. The van der Waals surface area contributed by atoms with Crippen LogP contribution in [0, 0.1) is 12.8 Å². The second-order valence-corrected chi connectivity index (χ2v) is 11.9. The molecule has 1 aromatic carbocycles. The van der Waals surface area contributed by atoms with Gasteiger partial charge in [0.25, 0.3) is 5.91 Å². The number of hydrogen-bond acceptors (Lipinski definition) is 10. The topological polar surface area (TPSA) is 150 Å². The Labute approximate surface area is 267 Å². The third-order valence-corrected chi connectivity index (χ3v) is 8.78. The zero-order valence-corrected chi connectivity index (χ0v) is 27.5. The number of nitrogens with zero attached hydrogens (tertiary/aromatic N) is 1. The number of amides is 2. The highest BCUT2D eigenvalue weighted by Gasteiger charge is 2.42. The summed E-state index contributed by atoms with van der Waals surface area (Å²) in [6, 6.07) is 6.90. The molecule has 4 atom stereocenters. The minimum absolute atomic E-state index is 0.111. The minimum Gasteiger partial charge on any atom is -0.450 e. The molecule has 0 fully saturated rings. The first-order valence-electron chi connectivity index (χ1n) is 12.9. The van der Waals surface area contributed by atoms with Crippen molar-refractivity contribution in [1.29, 1.82) is 0 Å². The summed E-state index contributed by atoms with van der Waals surface area (Å²) >= 11 is 8.73. The molecular formula is C28H35ClIN3O8S. The van der Waals surface area contributed by atoms with Crippen LogP contribution in [0.2, 0.25) is 0 Å². The smallest absolute Gasteiger partial charge is 0.321 e. The molecule has 1 aromatic heterocycles. The standard InChI is InChI=1S/C28H35ClIN3O8S/c1-17-31-13-23(42-17)27(38)33-21(15-40-4)22(34)11-19(14-39-3)26(37)32-20(10-18-8-6-5-7-9-18)25(36)28(2,16-30)41-24(35)12-29/h5-9,13,19-21H,10-12,14-16H2,1-4H3,(H,32,37)(H,33,38)/t19-,20-,21-,28+/m0/s1. The van der Waals surface area contributed by atoms with Crippen LogP contribution in [0.3, 0.4) is 0 Å². The first kappa shape index (κ1) is 35.7. The quantitative estimate of drug-likeness (QED) is 0.134. The minimum atomic E-state index is -1.56. The maximum absolute atomic E-state index is 13.7. The van der Waals surface area contributed by atoms with Crippen LogP contribution < -0.4 is 10.6 Å². The van der Waals surface area contributed by atoms with Crippen LogP contribution in [0.1, 0.15) is 33.6 Å². The van der Waals surface area contributed by atoms with Crippen molar-refractivity contribution in [1.82, 2.24) is 15.6 Å². The van der Waals surface area contributed by atoms with Crippen molar-refractivity contribution >= 4 is 74.9 Å². The molecule has 1 heterocycles. The number of alkyl halides is 2. The Morgan fingerprint density at radius 1 is 1.05 bits per heavy atom. The summed E-state index contributed by atoms with van der Waals surface area (Å²) in [5.41, 5.74) is -0.800. The van der Waals surface area contributed by atoms with Crippen molar-refractivity contribution in [2.24, 2.45) is 5.92 Å². The van der Waals surface area contributed by atoms with Gasteiger partial charge in [-0.15, -0.1) is 22.9 Å². The number of rotatable bonds is 18. The Morgan fingerprint density at radius 2 is 1.71 bits per heavy atom. The highest BCUT2D eigenvalue weighted by Crippen LogP contribution is 2.21. The molecule has 2 aromatic rings. The summed E-state index contributed by atoms with van der Waals surface area (Å²) in [4.78, 5) is 69.6. The predicted octanol–water partition coefficient (Wildman–Crippen LogP) is 2.69. The molecule has 0 radical (unpaired) electrons. The second kappa shape index (κ2) is 17.6. The molecule has 11 nitrogen and oxygen atoms in total. The molecule has 0 aliphatic carbocycles. The van der Waals surface area contributed by atoms with Crippen molar-refractivity contribution in [2.45, 2.75) is 44.4 Å². The maximum atomic E-state index is 13.7. The third-order valence-electron chi connectivity index (χ3n) is 6.20. The molecule has 2 amide bonds. The van der Waals surface area contributed by atoms with Gasteiger partial charge in [0.2, 0.25) is 5.91 Å². The van der Waals surface area contributed by atoms with Crippen molar-refractivity contribution in [3.63, 3.8) is 0 Å². The average Bonchev–Trinajstić information content (AvgIpc) is 3.42. The summed E-state index contributed by atoms with van der Waals surface area (Å²) in [7, 11) is 2.78. The lowest BCUT2D eigenvalue weighted by Gasteiger charge is -2.31. The van der Waals surface area contributed by atoms with Crippen molar-refractivity contribution in [3.05, 3.63) is 52.0 Å². The number of carbonyl (C=O) groups excluding carboxylic acids is 5. The second-order valence-electron chi connectivity index (χ2n) is 9.63. The van der Waals surface area contributed by atoms with Gasteiger partial charge in [0.1, 0.15) is 16.8 Å². The Hall–Kier alpha value is -2.46. The van der Waals surface area contributed by atoms with E-state index in [0.717, 1.165) is 5.56 Å². The van der Waals surface area contributed by atoms with Crippen LogP contribution in [0.4, 0.5) is 0 Å². The highest BCUT2D eigenvalue weighted by atomic mass is 127. The normalized spacial score (nSPS) is 14.6. The average molecular weight is 736 g/mol. The maximum Gasteiger partial charge on any atom is 0.321 e. The fourth-order valence-corrected chi connectivity index (χ4v) is 5.30. The van der Waals surface area contributed by atoms with E-state index in [2.05, 4.69) is 15.6 Å². The van der Waals surface area contributed by atoms with Crippen LogP contribution in [0.15, 0.2) is 36.5 Å². The molecule has 0 saturated heterocycles. The van der Waals surface area contributed by atoms with Gasteiger partial charge in [-0.3, -0.25) is 24.0 Å². The number of esters is 1. The SMILES string of the molecule is COC[C@H](CC(=O)[C@H](COC)NC(=O)c1cnc(C)s1)C(=O)N[C@@H](Cc1ccccc1)C(=O)[C@@](C)(CI)OC(=O)CCl. The van der Waals surface area contributed by atoms with Gasteiger partial charge in [-0.1, -0.05) is 52.9 Å². The largest absolute Gasteiger partial charge is 0.450 e. The van der Waals surface area contributed by atoms with Gasteiger partial charge in [0, 0.05) is 25.1 Å². The van der Waals surface area contributed by atoms with E-state index in [0.29, 0.717) is 9.88 Å². The fraction of sp³-hybridized carbons (Fsp3) is 0.500. The van der Waals surface area contributed by atoms with E-state index in [1.54, 1.807) is 31.2 Å². The number of methoxy groups -OCH3 is 2. The van der Waals surface area contributed by atoms with Gasteiger partial charge < -0.3 is 24.8 Å². The summed E-state index contributed by atoms with van der Waals surface area (Å²) in [6.45, 7) is 2.98. The number of thiazole rings is 1. The van der Waals surface area contributed by atoms with E-state index in [-0.39, 0.29) is 30.5 Å². The molecular weight excluding hydrogens is 701 g/mol. The predicted molar refractivity (Wildman–Crippen MR) is 166 cm³/mol. The number of benzene rings is 1. The van der Waals surface area contributed by atoms with Crippen LogP contribution in [-0.4, -0.2) is 89.8 Å². The molecule has 0 saturated carbocycles. The van der Waals surface area contributed by atoms with Gasteiger partial charge in [-0.2, -0.15) is 0 Å². The van der Waals surface area contributed by atoms with Gasteiger partial charge in [0.05, 0.1) is 36.4 Å². The summed E-state index contributed by atoms with van der Waals surface area (Å²) < 4.78 is 15.9. The lowest BCUT2D eigenvalue weighted by Crippen LogP contribution is -2.56. The monoisotopic (exact) mass is 735 g/mol. The molecule has 0 aliphatic rings. The van der Waals surface area contributed by atoms with Crippen LogP contribution in [0.5, 0.6) is 0 Å². The third kappa shape index (κ3) is 10.7. The van der Waals surface area contributed by atoms with E-state index < -0.39 is 58.8 Å². The number of ether oxygens (including phenoxy) is 3. The number of Topliss-reactive ketones (excluding diaryl/α,β-unsaturated/α-hetero) is 2. The number of carbonyl (C=O) groups is 5. The molecule has 0 spiro atoms. The molecule has 42 heavy (non-hydrogen) atoms. The van der Waals surface area contributed by atoms with Crippen molar-refractivity contribution < 1.29 is 38.2 Å². The number of nitrogens with one attached hydrogen (secondary N) is 2. The Bertz CT molecular complexity index is 1230. The van der Waals surface area contributed by atoms with Crippen LogP contribution in [0.25, 0.3) is 0 Å². The number of ketones is 2.